The Labute approximate surface area is 179 Å². The zero-order chi connectivity index (χ0) is 21.1. The largest absolute Gasteiger partial charge is 0.486 e. The maximum atomic E-state index is 12.7. The van der Waals surface area contributed by atoms with Gasteiger partial charge in [-0.15, -0.1) is 0 Å². The molecule has 3 N–H and O–H groups in total. The summed E-state index contributed by atoms with van der Waals surface area (Å²) in [7, 11) is 0. The monoisotopic (exact) mass is 425 g/mol. The highest BCUT2D eigenvalue weighted by Gasteiger charge is 2.16. The molecule has 8 heteroatoms. The highest BCUT2D eigenvalue weighted by atomic mass is 32.1. The quantitative estimate of drug-likeness (QED) is 0.542. The Kier molecular flexibility index (Phi) is 5.87. The molecule has 0 aliphatic carbocycles. The van der Waals surface area contributed by atoms with Crippen LogP contribution >= 0.6 is 12.2 Å². The molecule has 0 amide bonds. The van der Waals surface area contributed by atoms with Gasteiger partial charge in [-0.3, -0.25) is 4.79 Å². The van der Waals surface area contributed by atoms with Gasteiger partial charge in [-0.05, 0) is 43.4 Å². The first-order valence-electron chi connectivity index (χ1n) is 9.72. The first-order valence-corrected chi connectivity index (χ1v) is 10.1. The molecule has 0 saturated carbocycles. The van der Waals surface area contributed by atoms with Crippen LogP contribution in [0.3, 0.4) is 0 Å². The summed E-state index contributed by atoms with van der Waals surface area (Å²) in [5.41, 5.74) is 3.02. The Morgan fingerprint density at radius 2 is 1.87 bits per heavy atom. The molecule has 2 heterocycles. The summed E-state index contributed by atoms with van der Waals surface area (Å²) in [5.74, 6) is 1.29. The number of aromatic amines is 1. The number of hydrogen-bond donors (Lipinski definition) is 3. The van der Waals surface area contributed by atoms with E-state index >= 15 is 0 Å². The third-order valence-electron chi connectivity index (χ3n) is 4.91. The van der Waals surface area contributed by atoms with E-state index in [9.17, 15) is 9.90 Å². The highest BCUT2D eigenvalue weighted by molar-refractivity contribution is 7.80. The van der Waals surface area contributed by atoms with Gasteiger partial charge in [0.1, 0.15) is 13.2 Å². The SMILES string of the molecule is Cc1ccc(NC(=S)N(CCO)Cc2cc3cc4c(cc3[nH]c2=O)OCCO4)cc1. The Bertz CT molecular complexity index is 1130. The van der Waals surface area contributed by atoms with Gasteiger partial charge in [0, 0.05) is 29.2 Å². The second-order valence-electron chi connectivity index (χ2n) is 7.15. The third-order valence-corrected chi connectivity index (χ3v) is 5.27. The molecule has 156 valence electrons. The molecule has 0 radical (unpaired) electrons. The number of ether oxygens (including phenoxy) is 2. The maximum Gasteiger partial charge on any atom is 0.253 e. The number of aryl methyl sites for hydroxylation is 1. The van der Waals surface area contributed by atoms with Gasteiger partial charge < -0.3 is 29.8 Å². The van der Waals surface area contributed by atoms with E-state index in [2.05, 4.69) is 10.3 Å². The second kappa shape index (κ2) is 8.73. The van der Waals surface area contributed by atoms with Crippen LogP contribution in [0.1, 0.15) is 11.1 Å². The standard InChI is InChI=1S/C22H23N3O4S/c1-14-2-4-17(5-3-14)23-22(30)25(6-7-26)13-16-10-15-11-19-20(29-9-8-28-19)12-18(15)24-21(16)27/h2-5,10-12,26H,6-9,13H2,1H3,(H,23,30)(H,24,27). The van der Waals surface area contributed by atoms with E-state index in [0.717, 1.165) is 16.6 Å². The molecule has 0 saturated heterocycles. The molecule has 3 aromatic rings. The van der Waals surface area contributed by atoms with Crippen LogP contribution < -0.4 is 20.3 Å². The lowest BCUT2D eigenvalue weighted by molar-refractivity contribution is 0.172. The Morgan fingerprint density at radius 3 is 2.57 bits per heavy atom. The van der Waals surface area contributed by atoms with Crippen molar-refractivity contribution in [2.24, 2.45) is 0 Å². The van der Waals surface area contributed by atoms with Crippen molar-refractivity contribution in [2.75, 3.05) is 31.7 Å². The number of benzene rings is 2. The van der Waals surface area contributed by atoms with E-state index in [1.807, 2.05) is 43.3 Å². The van der Waals surface area contributed by atoms with Gasteiger partial charge in [0.25, 0.3) is 5.56 Å². The summed E-state index contributed by atoms with van der Waals surface area (Å²) in [5, 5.41) is 13.9. The topological polar surface area (TPSA) is 86.8 Å². The van der Waals surface area contributed by atoms with Gasteiger partial charge >= 0.3 is 0 Å². The Morgan fingerprint density at radius 1 is 1.17 bits per heavy atom. The van der Waals surface area contributed by atoms with Crippen molar-refractivity contribution in [1.29, 1.82) is 0 Å². The molecule has 4 rings (SSSR count). The fourth-order valence-corrected chi connectivity index (χ4v) is 3.60. The third kappa shape index (κ3) is 4.39. The first kappa shape index (κ1) is 20.2. The Hall–Kier alpha value is -3.10. The van der Waals surface area contributed by atoms with Gasteiger partial charge in [0.15, 0.2) is 16.6 Å². The summed E-state index contributed by atoms with van der Waals surface area (Å²) in [4.78, 5) is 17.4. The first-order chi connectivity index (χ1) is 14.5. The predicted molar refractivity (Wildman–Crippen MR) is 120 cm³/mol. The summed E-state index contributed by atoms with van der Waals surface area (Å²) < 4.78 is 11.2. The number of aliphatic hydroxyl groups excluding tert-OH is 1. The maximum absolute atomic E-state index is 12.7. The Balaban J connectivity index is 1.59. The van der Waals surface area contributed by atoms with E-state index in [-0.39, 0.29) is 18.7 Å². The summed E-state index contributed by atoms with van der Waals surface area (Å²) >= 11 is 5.53. The van der Waals surface area contributed by atoms with Gasteiger partial charge in [-0.1, -0.05) is 17.7 Å². The van der Waals surface area contributed by atoms with Crippen LogP contribution in [0.15, 0.2) is 47.3 Å². The normalized spacial score (nSPS) is 12.6. The lowest BCUT2D eigenvalue weighted by atomic mass is 10.1. The van der Waals surface area contributed by atoms with Crippen molar-refractivity contribution in [1.82, 2.24) is 9.88 Å². The summed E-state index contributed by atoms with van der Waals surface area (Å²) in [6.07, 6.45) is 0. The van der Waals surface area contributed by atoms with Crippen LogP contribution in [0.4, 0.5) is 5.69 Å². The average Bonchev–Trinajstić information content (AvgIpc) is 2.74. The van der Waals surface area contributed by atoms with Gasteiger partial charge in [-0.25, -0.2) is 0 Å². The smallest absolute Gasteiger partial charge is 0.253 e. The van der Waals surface area contributed by atoms with E-state index < -0.39 is 0 Å². The van der Waals surface area contributed by atoms with E-state index in [1.165, 1.54) is 0 Å². The molecule has 7 nitrogen and oxygen atoms in total. The molecule has 1 aliphatic rings. The van der Waals surface area contributed by atoms with Crippen molar-refractivity contribution in [3.8, 4) is 11.5 Å². The van der Waals surface area contributed by atoms with E-state index in [1.54, 1.807) is 11.0 Å². The molecule has 2 aromatic carbocycles. The van der Waals surface area contributed by atoms with Crippen LogP contribution in [0.25, 0.3) is 10.9 Å². The number of thiocarbonyl (C=S) groups is 1. The van der Waals surface area contributed by atoms with E-state index in [0.29, 0.717) is 47.5 Å². The number of pyridine rings is 1. The minimum atomic E-state index is -0.208. The average molecular weight is 426 g/mol. The minimum Gasteiger partial charge on any atom is -0.486 e. The molecule has 0 bridgehead atoms. The number of aliphatic hydroxyl groups is 1. The molecule has 0 spiro atoms. The zero-order valence-electron chi connectivity index (χ0n) is 16.6. The number of hydrogen-bond acceptors (Lipinski definition) is 5. The molecular formula is C22H23N3O4S. The molecule has 0 unspecified atom stereocenters. The van der Waals surface area contributed by atoms with Gasteiger partial charge in [-0.2, -0.15) is 0 Å². The van der Waals surface area contributed by atoms with Crippen LogP contribution in [0.5, 0.6) is 11.5 Å². The van der Waals surface area contributed by atoms with Crippen LogP contribution in [0.2, 0.25) is 0 Å². The summed E-state index contributed by atoms with van der Waals surface area (Å²) in [6, 6.07) is 13.3. The van der Waals surface area contributed by atoms with Crippen molar-refractivity contribution in [2.45, 2.75) is 13.5 Å². The van der Waals surface area contributed by atoms with Crippen LogP contribution in [-0.2, 0) is 6.54 Å². The highest BCUT2D eigenvalue weighted by Crippen LogP contribution is 2.33. The van der Waals surface area contributed by atoms with Crippen LogP contribution in [-0.4, -0.2) is 46.5 Å². The van der Waals surface area contributed by atoms with Crippen LogP contribution in [0, 0.1) is 6.92 Å². The number of H-pyrrole nitrogens is 1. The van der Waals surface area contributed by atoms with Gasteiger partial charge in [0.05, 0.1) is 18.7 Å². The minimum absolute atomic E-state index is 0.0834. The molecule has 30 heavy (non-hydrogen) atoms. The van der Waals surface area contributed by atoms with Gasteiger partial charge in [0.2, 0.25) is 0 Å². The summed E-state index contributed by atoms with van der Waals surface area (Å²) in [6.45, 7) is 3.48. The molecule has 1 aromatic heterocycles. The number of aromatic nitrogens is 1. The fraction of sp³-hybridized carbons (Fsp3) is 0.273. The number of nitrogens with one attached hydrogen (secondary N) is 2. The molecular weight excluding hydrogens is 402 g/mol. The number of nitrogens with zero attached hydrogens (tertiary/aromatic N) is 1. The molecule has 0 atom stereocenters. The van der Waals surface area contributed by atoms with Crippen molar-refractivity contribution < 1.29 is 14.6 Å². The van der Waals surface area contributed by atoms with Crippen molar-refractivity contribution in [3.05, 3.63) is 63.9 Å². The lowest BCUT2D eigenvalue weighted by Gasteiger charge is -2.25. The molecule has 1 aliphatic heterocycles. The number of anilines is 1. The molecule has 0 fully saturated rings. The number of rotatable bonds is 5. The lowest BCUT2D eigenvalue weighted by Crippen LogP contribution is -2.37. The van der Waals surface area contributed by atoms with E-state index in [4.69, 9.17) is 21.7 Å². The fourth-order valence-electron chi connectivity index (χ4n) is 3.32. The van der Waals surface area contributed by atoms with Crippen molar-refractivity contribution >= 4 is 33.9 Å². The zero-order valence-corrected chi connectivity index (χ0v) is 17.4. The predicted octanol–water partition coefficient (Wildman–Crippen LogP) is 2.80. The van der Waals surface area contributed by atoms with Crippen molar-refractivity contribution in [3.63, 3.8) is 0 Å². The second-order valence-corrected chi connectivity index (χ2v) is 7.53. The number of fused-ring (bicyclic) bond motifs is 2.